The third-order valence-electron chi connectivity index (χ3n) is 5.02. The van der Waals surface area contributed by atoms with Crippen molar-refractivity contribution in [3.63, 3.8) is 0 Å². The highest BCUT2D eigenvalue weighted by Gasteiger charge is 2.36. The van der Waals surface area contributed by atoms with Crippen molar-refractivity contribution >= 4 is 44.0 Å². The Hall–Kier alpha value is -3.39. The van der Waals surface area contributed by atoms with Gasteiger partial charge in [0.2, 0.25) is 11.8 Å². The van der Waals surface area contributed by atoms with Crippen LogP contribution in [0.2, 0.25) is 0 Å². The Labute approximate surface area is 181 Å². The molecule has 0 atom stereocenters. The summed E-state index contributed by atoms with van der Waals surface area (Å²) in [6, 6.07) is 17.4. The van der Waals surface area contributed by atoms with Crippen LogP contribution in [0.15, 0.2) is 65.6 Å². The number of carbonyl (C=O) groups excluding carboxylic acids is 2. The Balaban J connectivity index is 1.46. The minimum Gasteiger partial charge on any atom is -0.354 e. The Morgan fingerprint density at radius 3 is 2.29 bits per heavy atom. The molecule has 1 heterocycles. The van der Waals surface area contributed by atoms with Crippen LogP contribution in [0.25, 0.3) is 10.8 Å². The molecule has 160 valence electrons. The van der Waals surface area contributed by atoms with E-state index in [1.54, 1.807) is 48.5 Å². The monoisotopic (exact) mass is 437 g/mol. The quantitative estimate of drug-likeness (QED) is 0.620. The van der Waals surface area contributed by atoms with Gasteiger partial charge in [-0.3, -0.25) is 13.9 Å². The second-order valence-electron chi connectivity index (χ2n) is 7.79. The molecule has 3 aromatic rings. The van der Waals surface area contributed by atoms with Crippen LogP contribution < -0.4 is 14.9 Å². The van der Waals surface area contributed by atoms with Crippen molar-refractivity contribution in [3.8, 4) is 0 Å². The average molecular weight is 438 g/mol. The van der Waals surface area contributed by atoms with E-state index >= 15 is 0 Å². The van der Waals surface area contributed by atoms with E-state index in [0.29, 0.717) is 16.8 Å². The fraction of sp³-hybridized carbons (Fsp3) is 0.217. The average Bonchev–Trinajstić information content (AvgIpc) is 2.92. The molecule has 3 aromatic carbocycles. The van der Waals surface area contributed by atoms with E-state index in [1.807, 2.05) is 26.0 Å². The van der Waals surface area contributed by atoms with Crippen molar-refractivity contribution in [2.75, 3.05) is 16.2 Å². The maximum Gasteiger partial charge on any atom is 0.265 e. The zero-order valence-corrected chi connectivity index (χ0v) is 18.1. The number of amides is 2. The smallest absolute Gasteiger partial charge is 0.265 e. The van der Waals surface area contributed by atoms with Gasteiger partial charge in [-0.1, -0.05) is 36.4 Å². The molecule has 31 heavy (non-hydrogen) atoms. The summed E-state index contributed by atoms with van der Waals surface area (Å²) < 4.78 is 27.1. The summed E-state index contributed by atoms with van der Waals surface area (Å²) in [6.07, 6.45) is 0.251. The van der Waals surface area contributed by atoms with Crippen molar-refractivity contribution < 1.29 is 18.0 Å². The first kappa shape index (κ1) is 20.9. The van der Waals surface area contributed by atoms with Gasteiger partial charge in [-0.05, 0) is 49.1 Å². The van der Waals surface area contributed by atoms with Crippen molar-refractivity contribution in [1.29, 1.82) is 0 Å². The van der Waals surface area contributed by atoms with Gasteiger partial charge in [0.1, 0.15) is 6.54 Å². The first-order chi connectivity index (χ1) is 14.8. The van der Waals surface area contributed by atoms with Crippen LogP contribution in [-0.2, 0) is 26.0 Å². The van der Waals surface area contributed by atoms with Gasteiger partial charge in [-0.15, -0.1) is 0 Å². The van der Waals surface area contributed by atoms with Gasteiger partial charge in [-0.2, -0.15) is 0 Å². The second-order valence-corrected chi connectivity index (χ2v) is 9.62. The molecule has 0 bridgehead atoms. The summed E-state index contributed by atoms with van der Waals surface area (Å²) in [7, 11) is -3.79. The van der Waals surface area contributed by atoms with E-state index in [0.717, 1.165) is 15.3 Å². The minimum absolute atomic E-state index is 0.0697. The lowest BCUT2D eigenvalue weighted by molar-refractivity contribution is -0.121. The number of nitrogens with one attached hydrogen (secondary N) is 2. The van der Waals surface area contributed by atoms with Crippen LogP contribution in [0.3, 0.4) is 0 Å². The predicted octanol–water partition coefficient (Wildman–Crippen LogP) is 3.05. The Kier molecular flexibility index (Phi) is 5.41. The number of sulfonamides is 1. The zero-order chi connectivity index (χ0) is 22.2. The van der Waals surface area contributed by atoms with Gasteiger partial charge in [0.25, 0.3) is 10.0 Å². The summed E-state index contributed by atoms with van der Waals surface area (Å²) in [4.78, 5) is 24.7. The number of nitrogens with zero attached hydrogens (tertiary/aromatic N) is 1. The molecule has 8 heteroatoms. The topological polar surface area (TPSA) is 95.6 Å². The molecule has 4 rings (SSSR count). The van der Waals surface area contributed by atoms with E-state index in [2.05, 4.69) is 10.6 Å². The molecule has 0 saturated carbocycles. The third-order valence-corrected chi connectivity index (χ3v) is 6.82. The molecule has 2 amide bonds. The fourth-order valence-corrected chi connectivity index (χ4v) is 5.39. The van der Waals surface area contributed by atoms with Gasteiger partial charge in [0, 0.05) is 17.1 Å². The van der Waals surface area contributed by atoms with E-state index in [9.17, 15) is 18.0 Å². The van der Waals surface area contributed by atoms with Crippen molar-refractivity contribution in [2.45, 2.75) is 31.2 Å². The van der Waals surface area contributed by atoms with Gasteiger partial charge >= 0.3 is 0 Å². The molecule has 1 aliphatic heterocycles. The molecule has 0 aliphatic carbocycles. The van der Waals surface area contributed by atoms with Crippen molar-refractivity contribution in [3.05, 3.63) is 66.2 Å². The van der Waals surface area contributed by atoms with E-state index in [-0.39, 0.29) is 29.8 Å². The molecule has 7 nitrogen and oxygen atoms in total. The number of hydrogen-bond acceptors (Lipinski definition) is 4. The number of rotatable bonds is 6. The van der Waals surface area contributed by atoms with Crippen LogP contribution >= 0.6 is 0 Å². The Bertz CT molecular complexity index is 1260. The van der Waals surface area contributed by atoms with Crippen LogP contribution in [0.1, 0.15) is 19.4 Å². The molecule has 1 aliphatic rings. The second kappa shape index (κ2) is 8.03. The summed E-state index contributed by atoms with van der Waals surface area (Å²) in [5, 5.41) is 7.02. The zero-order valence-electron chi connectivity index (χ0n) is 17.3. The third kappa shape index (κ3) is 4.11. The molecular weight excluding hydrogens is 414 g/mol. The Morgan fingerprint density at radius 2 is 1.61 bits per heavy atom. The number of carbonyl (C=O) groups is 2. The van der Waals surface area contributed by atoms with Gasteiger partial charge in [0.05, 0.1) is 17.0 Å². The van der Waals surface area contributed by atoms with Crippen LogP contribution in [-0.4, -0.2) is 32.8 Å². The Morgan fingerprint density at radius 1 is 0.935 bits per heavy atom. The lowest BCUT2D eigenvalue weighted by Crippen LogP contribution is -2.35. The van der Waals surface area contributed by atoms with Crippen LogP contribution in [0.5, 0.6) is 0 Å². The van der Waals surface area contributed by atoms with Gasteiger partial charge in [0.15, 0.2) is 0 Å². The highest BCUT2D eigenvalue weighted by molar-refractivity contribution is 7.93. The van der Waals surface area contributed by atoms with Crippen LogP contribution in [0, 0.1) is 0 Å². The molecule has 0 unspecified atom stereocenters. The predicted molar refractivity (Wildman–Crippen MR) is 121 cm³/mol. The van der Waals surface area contributed by atoms with Crippen LogP contribution in [0.4, 0.5) is 11.4 Å². The summed E-state index contributed by atoms with van der Waals surface area (Å²) in [5.41, 5.74) is 1.86. The van der Waals surface area contributed by atoms with E-state index in [1.165, 1.54) is 0 Å². The normalized spacial score (nSPS) is 14.1. The van der Waals surface area contributed by atoms with Gasteiger partial charge in [-0.25, -0.2) is 8.42 Å². The molecule has 0 radical (unpaired) electrons. The SMILES string of the molecule is CC(C)NC(=O)Cc1ccc(NC(=O)CN2c3cccc4cccc(c34)S2(=O)=O)cc1. The molecular formula is C23H23N3O4S. The maximum absolute atomic E-state index is 13.0. The highest BCUT2D eigenvalue weighted by atomic mass is 32.2. The summed E-state index contributed by atoms with van der Waals surface area (Å²) >= 11 is 0. The van der Waals surface area contributed by atoms with Crippen molar-refractivity contribution in [2.24, 2.45) is 0 Å². The lowest BCUT2D eigenvalue weighted by atomic mass is 10.1. The number of anilines is 2. The number of benzene rings is 3. The van der Waals surface area contributed by atoms with Gasteiger partial charge < -0.3 is 10.6 Å². The molecule has 0 spiro atoms. The standard InChI is InChI=1S/C23H23N3O4S/c1-15(2)24-21(27)13-16-9-11-18(12-10-16)25-22(28)14-26-19-7-3-5-17-6-4-8-20(23(17)19)31(26,29)30/h3-12,15H,13-14H2,1-2H3,(H,24,27)(H,25,28). The van der Waals surface area contributed by atoms with Crippen molar-refractivity contribution in [1.82, 2.24) is 5.32 Å². The van der Waals surface area contributed by atoms with E-state index in [4.69, 9.17) is 0 Å². The lowest BCUT2D eigenvalue weighted by Gasteiger charge is -2.18. The first-order valence-corrected chi connectivity index (χ1v) is 11.4. The molecule has 0 saturated heterocycles. The number of hydrogen-bond donors (Lipinski definition) is 2. The fourth-order valence-electron chi connectivity index (χ4n) is 3.72. The molecule has 0 aromatic heterocycles. The van der Waals surface area contributed by atoms with E-state index < -0.39 is 15.9 Å². The molecule has 2 N–H and O–H groups in total. The summed E-state index contributed by atoms with van der Waals surface area (Å²) in [6.45, 7) is 3.47. The maximum atomic E-state index is 13.0. The molecule has 0 fully saturated rings. The largest absolute Gasteiger partial charge is 0.354 e. The minimum atomic E-state index is -3.79. The highest BCUT2D eigenvalue weighted by Crippen LogP contribution is 2.41. The first-order valence-electron chi connectivity index (χ1n) is 9.98. The summed E-state index contributed by atoms with van der Waals surface area (Å²) in [5.74, 6) is -0.515.